The van der Waals surface area contributed by atoms with Crippen molar-refractivity contribution in [3.05, 3.63) is 54.6 Å². The molecule has 2 heterocycles. The zero-order valence-corrected chi connectivity index (χ0v) is 13.4. The molecule has 0 aliphatic rings. The fourth-order valence-corrected chi connectivity index (χ4v) is 2.08. The van der Waals surface area contributed by atoms with E-state index in [2.05, 4.69) is 30.6 Å². The quantitative estimate of drug-likeness (QED) is 0.746. The number of anilines is 3. The van der Waals surface area contributed by atoms with E-state index < -0.39 is 5.82 Å². The molecule has 2 N–H and O–H groups in total. The monoisotopic (exact) mass is 324 g/mol. The summed E-state index contributed by atoms with van der Waals surface area (Å²) in [5.41, 5.74) is 1.34. The predicted octanol–water partition coefficient (Wildman–Crippen LogP) is 3.64. The molecule has 7 heteroatoms. The molecule has 0 unspecified atom stereocenters. The smallest absolute Gasteiger partial charge is 0.232 e. The second-order valence-electron chi connectivity index (χ2n) is 5.49. The van der Waals surface area contributed by atoms with Crippen molar-refractivity contribution in [3.63, 3.8) is 0 Å². The summed E-state index contributed by atoms with van der Waals surface area (Å²) < 4.78 is 13.3. The number of pyridine rings is 1. The SMILES string of the molecule is CC(C)Nc1nc(Nc2cncc(F)c2)nc(-c2ccccc2)n1. The van der Waals surface area contributed by atoms with Crippen molar-refractivity contribution in [1.29, 1.82) is 0 Å². The molecular formula is C17H17FN6. The Labute approximate surface area is 139 Å². The van der Waals surface area contributed by atoms with Gasteiger partial charge in [0.15, 0.2) is 5.82 Å². The average Bonchev–Trinajstić information content (AvgIpc) is 2.55. The molecule has 0 amide bonds. The van der Waals surface area contributed by atoms with Gasteiger partial charge in [0.1, 0.15) is 5.82 Å². The van der Waals surface area contributed by atoms with Crippen LogP contribution < -0.4 is 10.6 Å². The third kappa shape index (κ3) is 4.01. The highest BCUT2D eigenvalue weighted by Gasteiger charge is 2.10. The molecule has 122 valence electrons. The summed E-state index contributed by atoms with van der Waals surface area (Å²) in [4.78, 5) is 17.0. The summed E-state index contributed by atoms with van der Waals surface area (Å²) >= 11 is 0. The van der Waals surface area contributed by atoms with Crippen LogP contribution >= 0.6 is 0 Å². The van der Waals surface area contributed by atoms with E-state index >= 15 is 0 Å². The van der Waals surface area contributed by atoms with Crippen LogP contribution in [0.25, 0.3) is 11.4 Å². The molecule has 0 spiro atoms. The molecule has 0 radical (unpaired) electrons. The van der Waals surface area contributed by atoms with Crippen LogP contribution in [0.4, 0.5) is 22.0 Å². The third-order valence-electron chi connectivity index (χ3n) is 3.05. The largest absolute Gasteiger partial charge is 0.352 e. The van der Waals surface area contributed by atoms with E-state index in [0.717, 1.165) is 11.8 Å². The molecule has 2 aromatic heterocycles. The standard InChI is InChI=1S/C17H17FN6/c1-11(2)20-16-22-15(12-6-4-3-5-7-12)23-17(24-16)21-14-8-13(18)9-19-10-14/h3-11H,1-2H3,(H2,20,21,22,23,24). The lowest BCUT2D eigenvalue weighted by Gasteiger charge is -2.12. The summed E-state index contributed by atoms with van der Waals surface area (Å²) in [6.07, 6.45) is 2.64. The van der Waals surface area contributed by atoms with Gasteiger partial charge in [-0.05, 0) is 13.8 Å². The minimum atomic E-state index is -0.433. The second-order valence-corrected chi connectivity index (χ2v) is 5.49. The van der Waals surface area contributed by atoms with Gasteiger partial charge in [0.05, 0.1) is 18.1 Å². The summed E-state index contributed by atoms with van der Waals surface area (Å²) in [6.45, 7) is 3.99. The normalized spacial score (nSPS) is 10.7. The number of benzene rings is 1. The molecule has 0 saturated heterocycles. The maximum atomic E-state index is 13.3. The van der Waals surface area contributed by atoms with Crippen LogP contribution in [-0.4, -0.2) is 26.0 Å². The van der Waals surface area contributed by atoms with Crippen molar-refractivity contribution in [2.45, 2.75) is 19.9 Å². The fraction of sp³-hybridized carbons (Fsp3) is 0.176. The van der Waals surface area contributed by atoms with Crippen LogP contribution in [0.5, 0.6) is 0 Å². The van der Waals surface area contributed by atoms with Crippen LogP contribution in [0.3, 0.4) is 0 Å². The van der Waals surface area contributed by atoms with E-state index in [9.17, 15) is 4.39 Å². The Morgan fingerprint density at radius 1 is 0.958 bits per heavy atom. The van der Waals surface area contributed by atoms with Crippen molar-refractivity contribution in [2.24, 2.45) is 0 Å². The minimum Gasteiger partial charge on any atom is -0.352 e. The number of hydrogen-bond donors (Lipinski definition) is 2. The van der Waals surface area contributed by atoms with Gasteiger partial charge >= 0.3 is 0 Å². The van der Waals surface area contributed by atoms with E-state index in [-0.39, 0.29) is 6.04 Å². The summed E-state index contributed by atoms with van der Waals surface area (Å²) in [7, 11) is 0. The highest BCUT2D eigenvalue weighted by atomic mass is 19.1. The first-order valence-corrected chi connectivity index (χ1v) is 7.56. The van der Waals surface area contributed by atoms with Gasteiger partial charge in [0.25, 0.3) is 0 Å². The molecule has 3 rings (SSSR count). The Kier molecular flexibility index (Phi) is 4.60. The van der Waals surface area contributed by atoms with Gasteiger partial charge < -0.3 is 10.6 Å². The van der Waals surface area contributed by atoms with Crippen molar-refractivity contribution in [2.75, 3.05) is 10.6 Å². The van der Waals surface area contributed by atoms with E-state index in [1.54, 1.807) is 0 Å². The van der Waals surface area contributed by atoms with E-state index in [0.29, 0.717) is 23.4 Å². The number of aromatic nitrogens is 4. The fourth-order valence-electron chi connectivity index (χ4n) is 2.08. The molecule has 0 aliphatic heterocycles. The number of rotatable bonds is 5. The summed E-state index contributed by atoms with van der Waals surface area (Å²) in [5, 5.41) is 6.12. The lowest BCUT2D eigenvalue weighted by Crippen LogP contribution is -2.14. The number of halogens is 1. The van der Waals surface area contributed by atoms with E-state index in [1.165, 1.54) is 12.3 Å². The Morgan fingerprint density at radius 2 is 1.71 bits per heavy atom. The van der Waals surface area contributed by atoms with Gasteiger partial charge in [0.2, 0.25) is 11.9 Å². The minimum absolute atomic E-state index is 0.166. The van der Waals surface area contributed by atoms with Gasteiger partial charge in [0, 0.05) is 17.7 Å². The van der Waals surface area contributed by atoms with Crippen LogP contribution in [0.2, 0.25) is 0 Å². The molecule has 0 aliphatic carbocycles. The lowest BCUT2D eigenvalue weighted by molar-refractivity contribution is 0.622. The number of nitrogens with zero attached hydrogens (tertiary/aromatic N) is 4. The lowest BCUT2D eigenvalue weighted by atomic mass is 10.2. The van der Waals surface area contributed by atoms with Crippen LogP contribution in [-0.2, 0) is 0 Å². The summed E-state index contributed by atoms with van der Waals surface area (Å²) in [6, 6.07) is 11.1. The maximum Gasteiger partial charge on any atom is 0.232 e. The van der Waals surface area contributed by atoms with Gasteiger partial charge in [-0.2, -0.15) is 15.0 Å². The van der Waals surface area contributed by atoms with Gasteiger partial charge in [-0.25, -0.2) is 4.39 Å². The van der Waals surface area contributed by atoms with Crippen LogP contribution in [0.15, 0.2) is 48.8 Å². The van der Waals surface area contributed by atoms with Crippen LogP contribution in [0, 0.1) is 5.82 Å². The molecule has 0 fully saturated rings. The Morgan fingerprint density at radius 3 is 2.42 bits per heavy atom. The third-order valence-corrected chi connectivity index (χ3v) is 3.05. The first-order valence-electron chi connectivity index (χ1n) is 7.56. The highest BCUT2D eigenvalue weighted by Crippen LogP contribution is 2.20. The topological polar surface area (TPSA) is 75.6 Å². The Bertz CT molecular complexity index is 822. The van der Waals surface area contributed by atoms with Crippen molar-refractivity contribution in [3.8, 4) is 11.4 Å². The number of hydrogen-bond acceptors (Lipinski definition) is 6. The maximum absolute atomic E-state index is 13.3. The van der Waals surface area contributed by atoms with Crippen LogP contribution in [0.1, 0.15) is 13.8 Å². The van der Waals surface area contributed by atoms with Gasteiger partial charge in [-0.15, -0.1) is 0 Å². The van der Waals surface area contributed by atoms with Gasteiger partial charge in [-0.3, -0.25) is 4.98 Å². The van der Waals surface area contributed by atoms with Gasteiger partial charge in [-0.1, -0.05) is 30.3 Å². The Balaban J connectivity index is 1.98. The second kappa shape index (κ2) is 6.99. The Hall–Kier alpha value is -3.09. The molecule has 0 bridgehead atoms. The van der Waals surface area contributed by atoms with Crippen molar-refractivity contribution < 1.29 is 4.39 Å². The molecule has 6 nitrogen and oxygen atoms in total. The molecule has 1 aromatic carbocycles. The molecule has 0 saturated carbocycles. The van der Waals surface area contributed by atoms with Crippen molar-refractivity contribution in [1.82, 2.24) is 19.9 Å². The molecule has 3 aromatic rings. The highest BCUT2D eigenvalue weighted by molar-refractivity contribution is 5.60. The van der Waals surface area contributed by atoms with E-state index in [1.807, 2.05) is 44.2 Å². The predicted molar refractivity (Wildman–Crippen MR) is 91.5 cm³/mol. The number of nitrogens with one attached hydrogen (secondary N) is 2. The van der Waals surface area contributed by atoms with Crippen molar-refractivity contribution >= 4 is 17.6 Å². The first kappa shape index (κ1) is 15.8. The molecule has 24 heavy (non-hydrogen) atoms. The molecular weight excluding hydrogens is 307 g/mol. The zero-order valence-electron chi connectivity index (χ0n) is 13.4. The molecule has 0 atom stereocenters. The first-order chi connectivity index (χ1) is 11.6. The van der Waals surface area contributed by atoms with E-state index in [4.69, 9.17) is 0 Å². The zero-order chi connectivity index (χ0) is 16.9. The summed E-state index contributed by atoms with van der Waals surface area (Å²) in [5.74, 6) is 0.864. The average molecular weight is 324 g/mol.